The fraction of sp³-hybridized carbons (Fsp3) is 0.235. The third kappa shape index (κ3) is 5.04. The molecule has 0 fully saturated rings. The van der Waals surface area contributed by atoms with Gasteiger partial charge in [0.1, 0.15) is 11.4 Å². The van der Waals surface area contributed by atoms with E-state index >= 15 is 0 Å². The van der Waals surface area contributed by atoms with Crippen LogP contribution in [0, 0.1) is 0 Å². The van der Waals surface area contributed by atoms with Crippen LogP contribution < -0.4 is 10.6 Å². The first-order valence-electron chi connectivity index (χ1n) is 7.78. The summed E-state index contributed by atoms with van der Waals surface area (Å²) in [5.41, 5.74) is 1.94. The van der Waals surface area contributed by atoms with Gasteiger partial charge in [0.25, 0.3) is 0 Å². The average Bonchev–Trinajstić information content (AvgIpc) is 3.31. The number of nitrogens with one attached hydrogen (secondary N) is 2. The average molecular weight is 376 g/mol. The molecule has 0 saturated carbocycles. The molecule has 0 atom stereocenters. The normalized spacial score (nSPS) is 11.5. The van der Waals surface area contributed by atoms with E-state index in [-0.39, 0.29) is 0 Å². The van der Waals surface area contributed by atoms with E-state index in [1.807, 2.05) is 23.6 Å². The molecule has 0 aromatic carbocycles. The highest BCUT2D eigenvalue weighted by Gasteiger charge is 2.08. The van der Waals surface area contributed by atoms with E-state index in [9.17, 15) is 0 Å². The van der Waals surface area contributed by atoms with Crippen LogP contribution in [0.5, 0.6) is 0 Å². The molecule has 6 nitrogen and oxygen atoms in total. The van der Waals surface area contributed by atoms with E-state index < -0.39 is 0 Å². The van der Waals surface area contributed by atoms with Crippen LogP contribution in [-0.2, 0) is 13.0 Å². The molecule has 0 aliphatic carbocycles. The van der Waals surface area contributed by atoms with Crippen LogP contribution in [0.25, 0.3) is 10.8 Å². The van der Waals surface area contributed by atoms with Gasteiger partial charge >= 0.3 is 0 Å². The van der Waals surface area contributed by atoms with Crippen molar-refractivity contribution < 1.29 is 4.42 Å². The molecule has 0 aliphatic rings. The van der Waals surface area contributed by atoms with Crippen molar-refractivity contribution in [1.82, 2.24) is 20.6 Å². The maximum Gasteiger partial charge on any atom is 0.236 e. The maximum atomic E-state index is 5.78. The van der Waals surface area contributed by atoms with E-state index in [0.717, 1.165) is 29.1 Å². The molecule has 0 radical (unpaired) electrons. The number of pyridine rings is 1. The number of hydrogen-bond donors (Lipinski definition) is 2. The molecule has 0 spiro atoms. The van der Waals surface area contributed by atoms with Gasteiger partial charge in [-0.2, -0.15) is 0 Å². The van der Waals surface area contributed by atoms with Gasteiger partial charge in [0.15, 0.2) is 5.96 Å². The molecule has 3 rings (SSSR count). The van der Waals surface area contributed by atoms with E-state index in [1.54, 1.807) is 36.9 Å². The lowest BCUT2D eigenvalue weighted by atomic mass is 10.2. The quantitative estimate of drug-likeness (QED) is 0.392. The predicted octanol–water partition coefficient (Wildman–Crippen LogP) is 3.36. The smallest absolute Gasteiger partial charge is 0.236 e. The Bertz CT molecular complexity index is 814. The van der Waals surface area contributed by atoms with Crippen LogP contribution in [-0.4, -0.2) is 29.5 Å². The Labute approximate surface area is 155 Å². The van der Waals surface area contributed by atoms with E-state index in [2.05, 4.69) is 25.6 Å². The van der Waals surface area contributed by atoms with Crippen LogP contribution in [0.15, 0.2) is 51.5 Å². The summed E-state index contributed by atoms with van der Waals surface area (Å²) in [6.45, 7) is 1.28. The Kier molecular flexibility index (Phi) is 6.03. The molecule has 130 valence electrons. The van der Waals surface area contributed by atoms with Crippen LogP contribution in [0.3, 0.4) is 0 Å². The number of halogens is 1. The molecule has 0 bridgehead atoms. The summed E-state index contributed by atoms with van der Waals surface area (Å²) < 4.78 is 5.50. The molecule has 3 heterocycles. The topological polar surface area (TPSA) is 75.3 Å². The minimum Gasteiger partial charge on any atom is -0.443 e. The molecule has 8 heteroatoms. The van der Waals surface area contributed by atoms with Gasteiger partial charge in [-0.3, -0.25) is 4.99 Å². The molecule has 3 aromatic heterocycles. The van der Waals surface area contributed by atoms with Crippen molar-refractivity contribution in [2.24, 2.45) is 4.99 Å². The highest BCUT2D eigenvalue weighted by atomic mass is 35.5. The molecule has 0 aliphatic heterocycles. The highest BCUT2D eigenvalue weighted by molar-refractivity contribution is 7.13. The maximum absolute atomic E-state index is 5.78. The SMILES string of the molecule is CN=C(NCCc1ccc(Cl)nc1)NCc1coc(-c2cccs2)n1. The molecule has 2 N–H and O–H groups in total. The largest absolute Gasteiger partial charge is 0.443 e. The summed E-state index contributed by atoms with van der Waals surface area (Å²) in [4.78, 5) is 13.8. The monoisotopic (exact) mass is 375 g/mol. The summed E-state index contributed by atoms with van der Waals surface area (Å²) >= 11 is 7.39. The Balaban J connectivity index is 1.45. The number of oxazole rings is 1. The second-order valence-electron chi connectivity index (χ2n) is 5.21. The Morgan fingerprint density at radius 1 is 1.32 bits per heavy atom. The molecule has 0 unspecified atom stereocenters. The number of hydrogen-bond acceptors (Lipinski definition) is 5. The van der Waals surface area contributed by atoms with Gasteiger partial charge in [-0.05, 0) is 29.5 Å². The second kappa shape index (κ2) is 8.64. The lowest BCUT2D eigenvalue weighted by molar-refractivity contribution is 0.573. The van der Waals surface area contributed by atoms with Gasteiger partial charge in [0, 0.05) is 19.8 Å². The van der Waals surface area contributed by atoms with Gasteiger partial charge in [-0.25, -0.2) is 9.97 Å². The zero-order chi connectivity index (χ0) is 17.5. The fourth-order valence-electron chi connectivity index (χ4n) is 2.18. The number of guanidine groups is 1. The summed E-state index contributed by atoms with van der Waals surface area (Å²) in [6.07, 6.45) is 4.27. The van der Waals surface area contributed by atoms with Gasteiger partial charge in [-0.15, -0.1) is 11.3 Å². The predicted molar refractivity (Wildman–Crippen MR) is 101 cm³/mol. The van der Waals surface area contributed by atoms with E-state index in [1.165, 1.54) is 0 Å². The fourth-order valence-corrected chi connectivity index (χ4v) is 2.94. The van der Waals surface area contributed by atoms with Crippen LogP contribution in [0.4, 0.5) is 0 Å². The number of nitrogens with zero attached hydrogens (tertiary/aromatic N) is 3. The molecule has 3 aromatic rings. The minimum atomic E-state index is 0.503. The first-order chi connectivity index (χ1) is 12.2. The standard InChI is InChI=1S/C17H18ClN5OS/c1-19-17(20-7-6-12-4-5-15(18)21-9-12)22-10-13-11-24-16(23-13)14-3-2-8-25-14/h2-5,8-9,11H,6-7,10H2,1H3,(H2,19,20,22). The number of aromatic nitrogens is 2. The van der Waals surface area contributed by atoms with Gasteiger partial charge < -0.3 is 15.1 Å². The number of rotatable bonds is 6. The van der Waals surface area contributed by atoms with E-state index in [0.29, 0.717) is 23.5 Å². The third-order valence-corrected chi connectivity index (χ3v) is 4.52. The van der Waals surface area contributed by atoms with Crippen molar-refractivity contribution >= 4 is 28.9 Å². The summed E-state index contributed by atoms with van der Waals surface area (Å²) in [7, 11) is 1.74. The summed E-state index contributed by atoms with van der Waals surface area (Å²) in [5.74, 6) is 1.35. The van der Waals surface area contributed by atoms with Crippen molar-refractivity contribution in [3.63, 3.8) is 0 Å². The zero-order valence-electron chi connectivity index (χ0n) is 13.7. The molecule has 0 amide bonds. The minimum absolute atomic E-state index is 0.503. The van der Waals surface area contributed by atoms with Crippen LogP contribution in [0.2, 0.25) is 5.15 Å². The lowest BCUT2D eigenvalue weighted by Crippen LogP contribution is -2.37. The van der Waals surface area contributed by atoms with Crippen molar-refractivity contribution in [3.05, 3.63) is 58.5 Å². The Hall–Kier alpha value is -2.38. The summed E-state index contributed by atoms with van der Waals surface area (Å²) in [5, 5.41) is 8.98. The van der Waals surface area contributed by atoms with Gasteiger partial charge in [-0.1, -0.05) is 23.7 Å². The van der Waals surface area contributed by atoms with Crippen molar-refractivity contribution in [2.45, 2.75) is 13.0 Å². The van der Waals surface area contributed by atoms with Gasteiger partial charge in [0.05, 0.1) is 17.1 Å². The van der Waals surface area contributed by atoms with Crippen LogP contribution in [0.1, 0.15) is 11.3 Å². The first kappa shape index (κ1) is 17.4. The molecular weight excluding hydrogens is 358 g/mol. The first-order valence-corrected chi connectivity index (χ1v) is 9.03. The molecule has 25 heavy (non-hydrogen) atoms. The van der Waals surface area contributed by atoms with Crippen LogP contribution >= 0.6 is 22.9 Å². The molecular formula is C17H18ClN5OS. The third-order valence-electron chi connectivity index (χ3n) is 3.44. The zero-order valence-corrected chi connectivity index (χ0v) is 15.3. The highest BCUT2D eigenvalue weighted by Crippen LogP contribution is 2.23. The Morgan fingerprint density at radius 3 is 2.96 bits per heavy atom. The number of thiophene rings is 1. The van der Waals surface area contributed by atoms with Gasteiger partial charge in [0.2, 0.25) is 5.89 Å². The number of aliphatic imine (C=N–C) groups is 1. The Morgan fingerprint density at radius 2 is 2.24 bits per heavy atom. The van der Waals surface area contributed by atoms with Crippen molar-refractivity contribution in [1.29, 1.82) is 0 Å². The van der Waals surface area contributed by atoms with Crippen molar-refractivity contribution in [2.75, 3.05) is 13.6 Å². The second-order valence-corrected chi connectivity index (χ2v) is 6.55. The van der Waals surface area contributed by atoms with Crippen molar-refractivity contribution in [3.8, 4) is 10.8 Å². The lowest BCUT2D eigenvalue weighted by Gasteiger charge is -2.10. The van der Waals surface area contributed by atoms with E-state index in [4.69, 9.17) is 16.0 Å². The summed E-state index contributed by atoms with van der Waals surface area (Å²) in [6, 6.07) is 7.72. The molecule has 0 saturated heterocycles.